The molecule has 7 heteroatoms. The van der Waals surface area contributed by atoms with E-state index in [4.69, 9.17) is 10.5 Å². The maximum Gasteiger partial charge on any atom is 0.314 e. The van der Waals surface area contributed by atoms with Crippen LogP contribution in [0, 0.1) is 5.92 Å². The van der Waals surface area contributed by atoms with E-state index in [2.05, 4.69) is 28.1 Å². The Morgan fingerprint density at radius 1 is 1.18 bits per heavy atom. The van der Waals surface area contributed by atoms with Gasteiger partial charge < -0.3 is 15.4 Å². The number of benzene rings is 2. The smallest absolute Gasteiger partial charge is 0.314 e. The van der Waals surface area contributed by atoms with Crippen molar-refractivity contribution < 1.29 is 9.53 Å². The minimum Gasteiger partial charge on any atom is -0.431 e. The van der Waals surface area contributed by atoms with E-state index in [0.29, 0.717) is 17.2 Å². The van der Waals surface area contributed by atoms with Gasteiger partial charge in [-0.25, -0.2) is 9.78 Å². The van der Waals surface area contributed by atoms with Crippen LogP contribution in [0.25, 0.3) is 10.2 Å². The number of thiazole rings is 1. The molecule has 0 spiro atoms. The lowest BCUT2D eigenvalue weighted by molar-refractivity contribution is 0.201. The Bertz CT molecular complexity index is 970. The Balaban J connectivity index is 1.24. The third-order valence-electron chi connectivity index (χ3n) is 5.76. The zero-order chi connectivity index (χ0) is 19.1. The second-order valence-electron chi connectivity index (χ2n) is 7.52. The van der Waals surface area contributed by atoms with Crippen LogP contribution in [-0.2, 0) is 6.54 Å². The molecular weight excluding hydrogens is 372 g/mol. The second kappa shape index (κ2) is 7.07. The minimum absolute atomic E-state index is 0.300. The van der Waals surface area contributed by atoms with Gasteiger partial charge in [-0.1, -0.05) is 35.6 Å². The summed E-state index contributed by atoms with van der Waals surface area (Å²) in [6, 6.07) is 16.4. The number of fused-ring (bicyclic) bond motifs is 2. The highest BCUT2D eigenvalue weighted by atomic mass is 32.1. The minimum atomic E-state index is -0.300. The molecule has 2 aliphatic rings. The lowest BCUT2D eigenvalue weighted by Crippen LogP contribution is -2.38. The van der Waals surface area contributed by atoms with Crippen molar-refractivity contribution in [2.75, 3.05) is 19.6 Å². The van der Waals surface area contributed by atoms with E-state index in [0.717, 1.165) is 48.6 Å². The number of hydrogen-bond donors (Lipinski definition) is 1. The number of rotatable bonds is 4. The van der Waals surface area contributed by atoms with Gasteiger partial charge >= 0.3 is 6.03 Å². The summed E-state index contributed by atoms with van der Waals surface area (Å²) in [4.78, 5) is 20.2. The van der Waals surface area contributed by atoms with Crippen molar-refractivity contribution in [1.82, 2.24) is 14.8 Å². The maximum atomic E-state index is 11.5. The highest BCUT2D eigenvalue weighted by molar-refractivity contribution is 7.20. The predicted octanol–water partition coefficient (Wildman–Crippen LogP) is 3.67. The van der Waals surface area contributed by atoms with Gasteiger partial charge in [-0.05, 0) is 48.7 Å². The maximum absolute atomic E-state index is 11.5. The molecule has 2 atom stereocenters. The van der Waals surface area contributed by atoms with Crippen molar-refractivity contribution in [3.05, 3.63) is 54.1 Å². The number of nitrogens with two attached hydrogens (primary N) is 1. The molecule has 0 radical (unpaired) electrons. The van der Waals surface area contributed by atoms with Gasteiger partial charge in [-0.3, -0.25) is 4.90 Å². The van der Waals surface area contributed by atoms with Crippen molar-refractivity contribution in [3.63, 3.8) is 0 Å². The van der Waals surface area contributed by atoms with E-state index in [1.807, 2.05) is 30.3 Å². The molecule has 28 heavy (non-hydrogen) atoms. The van der Waals surface area contributed by atoms with Gasteiger partial charge in [-0.2, -0.15) is 0 Å². The third kappa shape index (κ3) is 3.31. The molecule has 5 rings (SSSR count). The Morgan fingerprint density at radius 3 is 2.79 bits per heavy atom. The predicted molar refractivity (Wildman–Crippen MR) is 110 cm³/mol. The normalized spacial score (nSPS) is 21.9. The SMILES string of the molecule is NC(=O)N1C[C@H]2CCN(Cc3ccc(Oc4nc5ccccc5s4)cc3)[C@H]2C1. The van der Waals surface area contributed by atoms with E-state index >= 15 is 0 Å². The van der Waals surface area contributed by atoms with E-state index in [-0.39, 0.29) is 6.03 Å². The molecule has 2 amide bonds. The summed E-state index contributed by atoms with van der Waals surface area (Å²) >= 11 is 1.55. The van der Waals surface area contributed by atoms with Crippen molar-refractivity contribution in [2.24, 2.45) is 11.7 Å². The van der Waals surface area contributed by atoms with Crippen LogP contribution >= 0.6 is 11.3 Å². The molecule has 0 bridgehead atoms. The van der Waals surface area contributed by atoms with Gasteiger partial charge in [0.2, 0.25) is 0 Å². The van der Waals surface area contributed by atoms with Crippen LogP contribution in [0.15, 0.2) is 48.5 Å². The number of primary amides is 1. The van der Waals surface area contributed by atoms with Crippen molar-refractivity contribution >= 4 is 27.6 Å². The number of hydrogen-bond acceptors (Lipinski definition) is 5. The summed E-state index contributed by atoms with van der Waals surface area (Å²) in [5.74, 6) is 1.34. The standard InChI is InChI=1S/C21H22N4O2S/c22-20(26)25-12-15-9-10-24(18(15)13-25)11-14-5-7-16(8-6-14)27-21-23-17-3-1-2-4-19(17)28-21/h1-8,15,18H,9-13H2,(H2,22,26)/t15-,18+/m1/s1. The summed E-state index contributed by atoms with van der Waals surface area (Å²) in [5, 5.41) is 0.661. The molecular formula is C21H22N4O2S. The van der Waals surface area contributed by atoms with Crippen LogP contribution in [0.5, 0.6) is 10.9 Å². The van der Waals surface area contributed by atoms with E-state index < -0.39 is 0 Å². The van der Waals surface area contributed by atoms with Crippen LogP contribution in [0.1, 0.15) is 12.0 Å². The van der Waals surface area contributed by atoms with Gasteiger partial charge in [0.15, 0.2) is 0 Å². The molecule has 144 valence electrons. The topological polar surface area (TPSA) is 71.7 Å². The summed E-state index contributed by atoms with van der Waals surface area (Å²) < 4.78 is 7.06. The van der Waals surface area contributed by atoms with Crippen LogP contribution in [0.3, 0.4) is 0 Å². The largest absolute Gasteiger partial charge is 0.431 e. The number of likely N-dealkylation sites (tertiary alicyclic amines) is 2. The molecule has 1 aromatic heterocycles. The fraction of sp³-hybridized carbons (Fsp3) is 0.333. The Labute approximate surface area is 167 Å². The van der Waals surface area contributed by atoms with Gasteiger partial charge in [0.05, 0.1) is 10.2 Å². The second-order valence-corrected chi connectivity index (χ2v) is 8.52. The monoisotopic (exact) mass is 394 g/mol. The Hall–Kier alpha value is -2.64. The van der Waals surface area contributed by atoms with Crippen molar-refractivity contribution in [1.29, 1.82) is 0 Å². The number of urea groups is 1. The lowest BCUT2D eigenvalue weighted by Gasteiger charge is -2.24. The Morgan fingerprint density at radius 2 is 2.00 bits per heavy atom. The molecule has 2 fully saturated rings. The third-order valence-corrected chi connectivity index (χ3v) is 6.68. The summed E-state index contributed by atoms with van der Waals surface area (Å²) in [7, 11) is 0. The molecule has 3 heterocycles. The summed E-state index contributed by atoms with van der Waals surface area (Å²) in [5.41, 5.74) is 7.66. The fourth-order valence-corrected chi connectivity index (χ4v) is 5.15. The highest BCUT2D eigenvalue weighted by Gasteiger charge is 2.42. The summed E-state index contributed by atoms with van der Waals surface area (Å²) in [6.45, 7) is 3.51. The van der Waals surface area contributed by atoms with Gasteiger partial charge in [0.25, 0.3) is 5.19 Å². The van der Waals surface area contributed by atoms with Crippen LogP contribution in [-0.4, -0.2) is 46.5 Å². The number of ether oxygens (including phenoxy) is 1. The zero-order valence-corrected chi connectivity index (χ0v) is 16.3. The number of amides is 2. The quantitative estimate of drug-likeness (QED) is 0.733. The average molecular weight is 395 g/mol. The average Bonchev–Trinajstić information content (AvgIpc) is 3.38. The van der Waals surface area contributed by atoms with Gasteiger partial charge in [0.1, 0.15) is 5.75 Å². The van der Waals surface area contributed by atoms with Gasteiger partial charge in [-0.15, -0.1) is 0 Å². The first-order valence-electron chi connectivity index (χ1n) is 9.56. The molecule has 6 nitrogen and oxygen atoms in total. The first kappa shape index (κ1) is 17.5. The fourth-order valence-electron chi connectivity index (χ4n) is 4.32. The van der Waals surface area contributed by atoms with E-state index in [9.17, 15) is 4.79 Å². The number of carbonyl (C=O) groups excluding carboxylic acids is 1. The Kier molecular flexibility index (Phi) is 4.41. The lowest BCUT2D eigenvalue weighted by atomic mass is 10.0. The number of nitrogens with zero attached hydrogens (tertiary/aromatic N) is 3. The van der Waals surface area contributed by atoms with Crippen molar-refractivity contribution in [3.8, 4) is 10.9 Å². The zero-order valence-electron chi connectivity index (χ0n) is 15.5. The van der Waals surface area contributed by atoms with E-state index in [1.165, 1.54) is 5.56 Å². The van der Waals surface area contributed by atoms with E-state index in [1.54, 1.807) is 16.2 Å². The van der Waals surface area contributed by atoms with Crippen LogP contribution < -0.4 is 10.5 Å². The first-order valence-corrected chi connectivity index (χ1v) is 10.4. The van der Waals surface area contributed by atoms with Crippen LogP contribution in [0.2, 0.25) is 0 Å². The molecule has 2 saturated heterocycles. The molecule has 0 unspecified atom stereocenters. The molecule has 0 aliphatic carbocycles. The first-order chi connectivity index (χ1) is 13.7. The molecule has 0 saturated carbocycles. The molecule has 2 aromatic carbocycles. The number of para-hydroxylation sites is 1. The molecule has 2 aliphatic heterocycles. The molecule has 2 N–H and O–H groups in total. The van der Waals surface area contributed by atoms with Crippen molar-refractivity contribution in [2.45, 2.75) is 19.0 Å². The molecule has 3 aromatic rings. The van der Waals surface area contributed by atoms with Gasteiger partial charge in [0, 0.05) is 25.7 Å². The summed E-state index contributed by atoms with van der Waals surface area (Å²) in [6.07, 6.45) is 1.13. The number of carbonyl (C=O) groups is 1. The highest BCUT2D eigenvalue weighted by Crippen LogP contribution is 2.33. The van der Waals surface area contributed by atoms with Crippen LogP contribution in [0.4, 0.5) is 4.79 Å². The number of aromatic nitrogens is 1.